The molecule has 0 bridgehead atoms. The molecule has 0 atom stereocenters. The molecular weight excluding hydrogens is 336 g/mol. The summed E-state index contributed by atoms with van der Waals surface area (Å²) in [5.74, 6) is 0. The van der Waals surface area contributed by atoms with Crippen molar-refractivity contribution in [1.82, 2.24) is 18.9 Å². The van der Waals surface area contributed by atoms with Crippen LogP contribution in [0, 0.1) is 0 Å². The molecule has 2 aromatic heterocycles. The first-order valence-corrected chi connectivity index (χ1v) is 8.48. The number of hydrogen-bond acceptors (Lipinski definition) is 5. The van der Waals surface area contributed by atoms with Gasteiger partial charge in [0.1, 0.15) is 18.2 Å². The summed E-state index contributed by atoms with van der Waals surface area (Å²) in [5, 5.41) is 1.59. The molecule has 0 aliphatic heterocycles. The molecule has 0 amide bonds. The molecule has 2 aromatic carbocycles. The first kappa shape index (κ1) is 14.1. The molecule has 0 spiro atoms. The van der Waals surface area contributed by atoms with Gasteiger partial charge in [-0.15, -0.1) is 0 Å². The number of imidazole rings is 1. The van der Waals surface area contributed by atoms with Crippen LogP contribution < -0.4 is 0 Å². The van der Waals surface area contributed by atoms with Crippen LogP contribution in [0.2, 0.25) is 5.15 Å². The molecule has 0 aliphatic rings. The van der Waals surface area contributed by atoms with Crippen molar-refractivity contribution < 1.29 is 8.42 Å². The Morgan fingerprint density at radius 2 is 1.74 bits per heavy atom. The molecule has 0 fully saturated rings. The van der Waals surface area contributed by atoms with Gasteiger partial charge in [-0.3, -0.25) is 0 Å². The summed E-state index contributed by atoms with van der Waals surface area (Å²) in [6, 6.07) is 12.4. The monoisotopic (exact) mass is 344 g/mol. The standard InChI is InChI=1S/C15H9ClN4O2S/c16-14-13-15(18-8-17-14)20(9-19-13)23(21,22)12-7-3-5-10-4-1-2-6-11(10)12/h1-9H. The predicted octanol–water partition coefficient (Wildman–Crippen LogP) is 2.87. The fraction of sp³-hybridized carbons (Fsp3) is 0. The van der Waals surface area contributed by atoms with E-state index in [1.165, 1.54) is 12.7 Å². The fourth-order valence-electron chi connectivity index (χ4n) is 2.49. The number of hydrogen-bond donors (Lipinski definition) is 0. The zero-order valence-corrected chi connectivity index (χ0v) is 13.2. The van der Waals surface area contributed by atoms with E-state index < -0.39 is 10.0 Å². The van der Waals surface area contributed by atoms with Gasteiger partial charge in [-0.05, 0) is 11.5 Å². The van der Waals surface area contributed by atoms with E-state index in [4.69, 9.17) is 11.6 Å². The van der Waals surface area contributed by atoms with Crippen LogP contribution >= 0.6 is 11.6 Å². The molecule has 4 aromatic rings. The zero-order chi connectivity index (χ0) is 16.0. The number of rotatable bonds is 2. The van der Waals surface area contributed by atoms with Crippen molar-refractivity contribution >= 4 is 43.6 Å². The Kier molecular flexibility index (Phi) is 3.07. The minimum absolute atomic E-state index is 0.113. The summed E-state index contributed by atoms with van der Waals surface area (Å²) in [6.45, 7) is 0. The second-order valence-corrected chi connectivity index (χ2v) is 7.00. The quantitative estimate of drug-likeness (QED) is 0.522. The Labute approximate surface area is 136 Å². The van der Waals surface area contributed by atoms with Crippen LogP contribution in [0.15, 0.2) is 60.0 Å². The first-order chi connectivity index (χ1) is 11.1. The lowest BCUT2D eigenvalue weighted by Crippen LogP contribution is -2.13. The molecule has 0 saturated heterocycles. The smallest absolute Gasteiger partial charge is 0.231 e. The van der Waals surface area contributed by atoms with Crippen molar-refractivity contribution in [2.75, 3.05) is 0 Å². The maximum atomic E-state index is 13.1. The van der Waals surface area contributed by atoms with Crippen LogP contribution in [0.25, 0.3) is 21.9 Å². The van der Waals surface area contributed by atoms with Gasteiger partial charge in [0, 0.05) is 5.39 Å². The second-order valence-electron chi connectivity index (χ2n) is 4.86. The van der Waals surface area contributed by atoms with Crippen molar-refractivity contribution in [3.63, 3.8) is 0 Å². The molecule has 4 rings (SSSR count). The van der Waals surface area contributed by atoms with E-state index in [1.807, 2.05) is 18.2 Å². The maximum Gasteiger partial charge on any atom is 0.271 e. The van der Waals surface area contributed by atoms with Crippen molar-refractivity contribution in [3.8, 4) is 0 Å². The van der Waals surface area contributed by atoms with Crippen molar-refractivity contribution in [1.29, 1.82) is 0 Å². The van der Waals surface area contributed by atoms with E-state index in [2.05, 4.69) is 15.0 Å². The Morgan fingerprint density at radius 1 is 0.957 bits per heavy atom. The number of halogens is 1. The third kappa shape index (κ3) is 2.08. The SMILES string of the molecule is O=S(=O)(c1cccc2ccccc12)n1cnc2c(Cl)ncnc21. The summed E-state index contributed by atoms with van der Waals surface area (Å²) in [5.41, 5.74) is 0.399. The van der Waals surface area contributed by atoms with Gasteiger partial charge in [-0.2, -0.15) is 0 Å². The summed E-state index contributed by atoms with van der Waals surface area (Å²) < 4.78 is 27.1. The highest BCUT2D eigenvalue weighted by Gasteiger charge is 2.23. The van der Waals surface area contributed by atoms with E-state index in [0.29, 0.717) is 5.39 Å². The molecule has 114 valence electrons. The molecule has 0 unspecified atom stereocenters. The minimum Gasteiger partial charge on any atom is -0.231 e. The molecule has 0 N–H and O–H groups in total. The third-order valence-corrected chi connectivity index (χ3v) is 5.52. The lowest BCUT2D eigenvalue weighted by atomic mass is 10.1. The van der Waals surface area contributed by atoms with Crippen LogP contribution in [0.4, 0.5) is 0 Å². The van der Waals surface area contributed by atoms with Crippen LogP contribution in [0.1, 0.15) is 0 Å². The summed E-state index contributed by atoms with van der Waals surface area (Å²) in [6.07, 6.45) is 2.41. The van der Waals surface area contributed by atoms with Crippen LogP contribution in [-0.2, 0) is 10.0 Å². The highest BCUT2D eigenvalue weighted by molar-refractivity contribution is 7.90. The molecule has 2 heterocycles. The molecule has 0 radical (unpaired) electrons. The Balaban J connectivity index is 2.05. The Bertz CT molecular complexity index is 1150. The van der Waals surface area contributed by atoms with Crippen molar-refractivity contribution in [3.05, 3.63) is 60.3 Å². The molecule has 0 aliphatic carbocycles. The van der Waals surface area contributed by atoms with Crippen molar-refractivity contribution in [2.24, 2.45) is 0 Å². The van der Waals surface area contributed by atoms with Gasteiger partial charge in [-0.25, -0.2) is 27.3 Å². The number of fused-ring (bicyclic) bond motifs is 2. The van der Waals surface area contributed by atoms with Gasteiger partial charge in [0.2, 0.25) is 0 Å². The molecule has 6 nitrogen and oxygen atoms in total. The summed E-state index contributed by atoms with van der Waals surface area (Å²) in [7, 11) is -3.86. The van der Waals surface area contributed by atoms with E-state index in [9.17, 15) is 8.42 Å². The minimum atomic E-state index is -3.86. The zero-order valence-electron chi connectivity index (χ0n) is 11.6. The highest BCUT2D eigenvalue weighted by Crippen LogP contribution is 2.27. The van der Waals surface area contributed by atoms with E-state index in [0.717, 1.165) is 9.36 Å². The summed E-state index contributed by atoms with van der Waals surface area (Å²) >= 11 is 5.94. The van der Waals surface area contributed by atoms with E-state index in [1.54, 1.807) is 24.3 Å². The van der Waals surface area contributed by atoms with Gasteiger partial charge in [-0.1, -0.05) is 48.0 Å². The number of aromatic nitrogens is 4. The highest BCUT2D eigenvalue weighted by atomic mass is 35.5. The lowest BCUT2D eigenvalue weighted by molar-refractivity contribution is 0.589. The van der Waals surface area contributed by atoms with Gasteiger partial charge < -0.3 is 0 Å². The van der Waals surface area contributed by atoms with Crippen LogP contribution in [-0.4, -0.2) is 27.3 Å². The van der Waals surface area contributed by atoms with Gasteiger partial charge in [0.15, 0.2) is 10.8 Å². The Morgan fingerprint density at radius 3 is 2.61 bits per heavy atom. The van der Waals surface area contributed by atoms with Crippen LogP contribution in [0.5, 0.6) is 0 Å². The molecular formula is C15H9ClN4O2S. The molecule has 0 saturated carbocycles. The Hall–Kier alpha value is -2.51. The third-order valence-electron chi connectivity index (χ3n) is 3.55. The van der Waals surface area contributed by atoms with Gasteiger partial charge in [0.25, 0.3) is 10.0 Å². The predicted molar refractivity (Wildman–Crippen MR) is 86.9 cm³/mol. The van der Waals surface area contributed by atoms with Gasteiger partial charge >= 0.3 is 0 Å². The fourth-order valence-corrected chi connectivity index (χ4v) is 4.12. The average Bonchev–Trinajstić information content (AvgIpc) is 3.00. The molecule has 23 heavy (non-hydrogen) atoms. The van der Waals surface area contributed by atoms with Crippen molar-refractivity contribution in [2.45, 2.75) is 4.90 Å². The number of benzene rings is 2. The lowest BCUT2D eigenvalue weighted by Gasteiger charge is -2.09. The maximum absolute atomic E-state index is 13.1. The average molecular weight is 345 g/mol. The van der Waals surface area contributed by atoms with Crippen LogP contribution in [0.3, 0.4) is 0 Å². The second kappa shape index (κ2) is 5.00. The largest absolute Gasteiger partial charge is 0.271 e. The molecule has 8 heteroatoms. The first-order valence-electron chi connectivity index (χ1n) is 6.66. The topological polar surface area (TPSA) is 77.7 Å². The summed E-state index contributed by atoms with van der Waals surface area (Å²) in [4.78, 5) is 12.0. The van der Waals surface area contributed by atoms with E-state index in [-0.39, 0.29) is 21.2 Å². The normalized spacial score (nSPS) is 12.0. The van der Waals surface area contributed by atoms with Gasteiger partial charge in [0.05, 0.1) is 4.90 Å². The number of nitrogens with zero attached hydrogens (tertiary/aromatic N) is 4. The van der Waals surface area contributed by atoms with E-state index >= 15 is 0 Å².